The fourth-order valence-electron chi connectivity index (χ4n) is 3.44. The normalized spacial score (nSPS) is 15.0. The number of methoxy groups -OCH3 is 1. The first kappa shape index (κ1) is 20.1. The summed E-state index contributed by atoms with van der Waals surface area (Å²) in [6.07, 6.45) is -0.198. The van der Waals surface area contributed by atoms with Gasteiger partial charge in [0, 0.05) is 17.7 Å². The highest BCUT2D eigenvalue weighted by Gasteiger charge is 2.37. The van der Waals surface area contributed by atoms with Crippen LogP contribution in [0.2, 0.25) is 5.02 Å². The van der Waals surface area contributed by atoms with Crippen molar-refractivity contribution in [3.05, 3.63) is 65.1 Å². The van der Waals surface area contributed by atoms with E-state index in [4.69, 9.17) is 16.3 Å². The number of anilines is 2. The van der Waals surface area contributed by atoms with Gasteiger partial charge in [0.25, 0.3) is 5.91 Å². The van der Waals surface area contributed by atoms with Crippen molar-refractivity contribution in [1.82, 2.24) is 9.78 Å². The third-order valence-electron chi connectivity index (χ3n) is 4.74. The van der Waals surface area contributed by atoms with Gasteiger partial charge >= 0.3 is 0 Å². The quantitative estimate of drug-likeness (QED) is 0.621. The molecule has 2 aromatic carbocycles. The van der Waals surface area contributed by atoms with Gasteiger partial charge in [-0.3, -0.25) is 9.59 Å². The topological polar surface area (TPSA) is 85.2 Å². The minimum absolute atomic E-state index is 0.0567. The van der Waals surface area contributed by atoms with Crippen LogP contribution in [-0.4, -0.2) is 28.7 Å². The molecule has 0 saturated carbocycles. The first-order chi connectivity index (χ1) is 14.5. The molecule has 1 aliphatic rings. The second-order valence-electron chi connectivity index (χ2n) is 6.80. The number of para-hydroxylation sites is 1. The van der Waals surface area contributed by atoms with Crippen molar-refractivity contribution in [2.45, 2.75) is 19.1 Å². The van der Waals surface area contributed by atoms with Crippen LogP contribution in [0.1, 0.15) is 18.2 Å². The van der Waals surface area contributed by atoms with Crippen molar-refractivity contribution < 1.29 is 18.7 Å². The second kappa shape index (κ2) is 8.25. The number of aromatic nitrogens is 2. The molecule has 2 N–H and O–H groups in total. The number of hydrogen-bond donors (Lipinski definition) is 2. The molecule has 0 radical (unpaired) electrons. The number of ether oxygens (including phenoxy) is 1. The van der Waals surface area contributed by atoms with Gasteiger partial charge in [0.05, 0.1) is 24.4 Å². The largest absolute Gasteiger partial charge is 0.378 e. The van der Waals surface area contributed by atoms with E-state index in [0.717, 1.165) is 5.56 Å². The number of fused-ring (bicyclic) bond motifs is 1. The van der Waals surface area contributed by atoms with Crippen LogP contribution in [0.5, 0.6) is 0 Å². The Hall–Kier alpha value is -3.23. The predicted octanol–water partition coefficient (Wildman–Crippen LogP) is 4.01. The van der Waals surface area contributed by atoms with E-state index in [-0.39, 0.29) is 24.6 Å². The molecule has 1 atom stereocenters. The number of rotatable bonds is 6. The smallest absolute Gasteiger partial charge is 0.251 e. The lowest BCUT2D eigenvalue weighted by Gasteiger charge is -2.10. The first-order valence-electron chi connectivity index (χ1n) is 9.19. The number of carbonyl (C=O) groups is 2. The fraction of sp³-hybridized carbons (Fsp3) is 0.190. The maximum absolute atomic E-state index is 13.8. The highest BCUT2D eigenvalue weighted by atomic mass is 35.5. The average molecular weight is 429 g/mol. The lowest BCUT2D eigenvalue weighted by molar-refractivity contribution is -0.123. The molecule has 1 aromatic heterocycles. The van der Waals surface area contributed by atoms with Crippen molar-refractivity contribution in [2.75, 3.05) is 17.7 Å². The fourth-order valence-corrected chi connectivity index (χ4v) is 3.63. The summed E-state index contributed by atoms with van der Waals surface area (Å²) in [4.78, 5) is 25.1. The molecular weight excluding hydrogens is 411 g/mol. The van der Waals surface area contributed by atoms with Crippen molar-refractivity contribution >= 4 is 34.9 Å². The van der Waals surface area contributed by atoms with Crippen LogP contribution in [0.4, 0.5) is 15.9 Å². The molecule has 2 heterocycles. The highest BCUT2D eigenvalue weighted by Crippen LogP contribution is 2.39. The van der Waals surface area contributed by atoms with E-state index in [1.165, 1.54) is 22.9 Å². The second-order valence-corrected chi connectivity index (χ2v) is 7.23. The Morgan fingerprint density at radius 2 is 2.10 bits per heavy atom. The van der Waals surface area contributed by atoms with Crippen LogP contribution in [-0.2, 0) is 20.9 Å². The van der Waals surface area contributed by atoms with Crippen LogP contribution in [0.3, 0.4) is 0 Å². The molecule has 154 valence electrons. The van der Waals surface area contributed by atoms with Crippen molar-refractivity contribution in [2.24, 2.45) is 0 Å². The number of halogens is 2. The van der Waals surface area contributed by atoms with Crippen molar-refractivity contribution in [3.63, 3.8) is 0 Å². The van der Waals surface area contributed by atoms with Gasteiger partial charge in [0.15, 0.2) is 0 Å². The van der Waals surface area contributed by atoms with E-state index >= 15 is 0 Å². The summed E-state index contributed by atoms with van der Waals surface area (Å²) >= 11 is 6.13. The number of nitrogens with zero attached hydrogens (tertiary/aromatic N) is 2. The zero-order valence-corrected chi connectivity index (χ0v) is 16.7. The van der Waals surface area contributed by atoms with E-state index < -0.39 is 17.8 Å². The van der Waals surface area contributed by atoms with Gasteiger partial charge in [-0.1, -0.05) is 35.9 Å². The molecular formula is C21H18ClFN4O3. The molecule has 4 rings (SSSR count). The molecule has 1 unspecified atom stereocenters. The number of amides is 2. The van der Waals surface area contributed by atoms with Crippen LogP contribution in [0, 0.1) is 5.82 Å². The van der Waals surface area contributed by atoms with E-state index in [1.807, 2.05) is 6.07 Å². The van der Waals surface area contributed by atoms with Crippen LogP contribution >= 0.6 is 11.6 Å². The monoisotopic (exact) mass is 428 g/mol. The molecule has 0 spiro atoms. The average Bonchev–Trinajstić information content (AvgIpc) is 3.19. The third kappa shape index (κ3) is 3.79. The summed E-state index contributed by atoms with van der Waals surface area (Å²) in [5, 5.41) is 10.3. The van der Waals surface area contributed by atoms with Gasteiger partial charge in [0.1, 0.15) is 17.7 Å². The summed E-state index contributed by atoms with van der Waals surface area (Å²) in [5.74, 6) is -0.945. The van der Waals surface area contributed by atoms with E-state index in [0.29, 0.717) is 22.1 Å². The molecule has 7 nitrogen and oxygen atoms in total. The minimum Gasteiger partial charge on any atom is -0.378 e. The molecule has 0 saturated heterocycles. The number of benzene rings is 2. The zero-order valence-electron chi connectivity index (χ0n) is 16.0. The van der Waals surface area contributed by atoms with Crippen molar-refractivity contribution in [3.8, 4) is 11.1 Å². The molecule has 2 amide bonds. The van der Waals surface area contributed by atoms with E-state index in [9.17, 15) is 14.0 Å². The summed E-state index contributed by atoms with van der Waals surface area (Å²) < 4.78 is 20.5. The maximum Gasteiger partial charge on any atom is 0.251 e. The summed E-state index contributed by atoms with van der Waals surface area (Å²) in [6.45, 7) is 0.214. The van der Waals surface area contributed by atoms with Gasteiger partial charge < -0.3 is 15.4 Å². The molecule has 0 fully saturated rings. The molecule has 30 heavy (non-hydrogen) atoms. The summed E-state index contributed by atoms with van der Waals surface area (Å²) in [7, 11) is 1.55. The standard InChI is InChI=1S/C21H18ClFN4O3/c1-30-11-16-19(12-5-4-6-13(22)9-12)20-25-21(29)17(27(20)26-16)10-18(28)24-15-8-3-2-7-14(15)23/h2-9,17H,10-11H2,1H3,(H,24,28)(H,25,29). The van der Waals surface area contributed by atoms with Gasteiger partial charge in [0.2, 0.25) is 5.91 Å². The van der Waals surface area contributed by atoms with E-state index in [1.54, 1.807) is 31.4 Å². The van der Waals surface area contributed by atoms with Gasteiger partial charge in [-0.25, -0.2) is 9.07 Å². The van der Waals surface area contributed by atoms with E-state index in [2.05, 4.69) is 15.7 Å². The summed E-state index contributed by atoms with van der Waals surface area (Å²) in [6, 6.07) is 12.1. The Labute approximate surface area is 176 Å². The molecule has 1 aliphatic heterocycles. The Kier molecular flexibility index (Phi) is 5.52. The lowest BCUT2D eigenvalue weighted by atomic mass is 10.1. The van der Waals surface area contributed by atoms with Crippen LogP contribution < -0.4 is 10.6 Å². The SMILES string of the molecule is COCc1nn2c(c1-c1cccc(Cl)c1)NC(=O)C2CC(=O)Nc1ccccc1F. The van der Waals surface area contributed by atoms with Crippen LogP contribution in [0.15, 0.2) is 48.5 Å². The van der Waals surface area contributed by atoms with Crippen LogP contribution in [0.25, 0.3) is 11.1 Å². The van der Waals surface area contributed by atoms with Gasteiger partial charge in [-0.05, 0) is 29.8 Å². The molecule has 3 aromatic rings. The Bertz CT molecular complexity index is 1130. The molecule has 9 heteroatoms. The van der Waals surface area contributed by atoms with Gasteiger partial charge in [-0.2, -0.15) is 5.10 Å². The maximum atomic E-state index is 13.8. The number of hydrogen-bond acceptors (Lipinski definition) is 4. The van der Waals surface area contributed by atoms with Gasteiger partial charge in [-0.15, -0.1) is 0 Å². The number of nitrogens with one attached hydrogen (secondary N) is 2. The third-order valence-corrected chi connectivity index (χ3v) is 4.98. The Balaban J connectivity index is 1.64. The molecule has 0 aliphatic carbocycles. The zero-order chi connectivity index (χ0) is 21.3. The Morgan fingerprint density at radius 1 is 1.30 bits per heavy atom. The first-order valence-corrected chi connectivity index (χ1v) is 9.57. The molecule has 0 bridgehead atoms. The highest BCUT2D eigenvalue weighted by molar-refractivity contribution is 6.30. The lowest BCUT2D eigenvalue weighted by Crippen LogP contribution is -2.24. The minimum atomic E-state index is -0.865. The van der Waals surface area contributed by atoms with Crippen molar-refractivity contribution in [1.29, 1.82) is 0 Å². The predicted molar refractivity (Wildman–Crippen MR) is 111 cm³/mol. The Morgan fingerprint density at radius 3 is 2.83 bits per heavy atom. The number of carbonyl (C=O) groups excluding carboxylic acids is 2. The summed E-state index contributed by atoms with van der Waals surface area (Å²) in [5.41, 5.74) is 2.12.